The van der Waals surface area contributed by atoms with Crippen molar-refractivity contribution in [2.45, 2.75) is 86.0 Å². The van der Waals surface area contributed by atoms with E-state index in [9.17, 15) is 0 Å². The highest BCUT2D eigenvalue weighted by Crippen LogP contribution is 2.60. The summed E-state index contributed by atoms with van der Waals surface area (Å²) < 4.78 is 0. The van der Waals surface area contributed by atoms with E-state index in [0.29, 0.717) is 10.8 Å². The molecule has 2 aliphatic rings. The van der Waals surface area contributed by atoms with Crippen LogP contribution in [0, 0.1) is 28.6 Å². The molecule has 2 fully saturated rings. The molecule has 0 aliphatic heterocycles. The molecule has 0 radical (unpaired) electrons. The monoisotopic (exact) mass is 354 g/mol. The molecule has 0 saturated heterocycles. The molecule has 0 unspecified atom stereocenters. The second kappa shape index (κ2) is 6.77. The molecule has 0 bridgehead atoms. The van der Waals surface area contributed by atoms with Crippen molar-refractivity contribution >= 4 is 15.9 Å². The van der Waals surface area contributed by atoms with Gasteiger partial charge in [-0.05, 0) is 72.1 Å². The van der Waals surface area contributed by atoms with Gasteiger partial charge in [-0.15, -0.1) is 0 Å². The van der Waals surface area contributed by atoms with Gasteiger partial charge in [-0.25, -0.2) is 0 Å². The van der Waals surface area contributed by atoms with E-state index in [1.807, 2.05) is 0 Å². The number of allylic oxidation sites excluding steroid dienone is 1. The van der Waals surface area contributed by atoms with E-state index in [0.717, 1.165) is 17.8 Å². The highest BCUT2D eigenvalue weighted by Gasteiger charge is 2.50. The Morgan fingerprint density at radius 1 is 1.33 bits per heavy atom. The van der Waals surface area contributed by atoms with Crippen LogP contribution in [0.25, 0.3) is 0 Å². The van der Waals surface area contributed by atoms with Gasteiger partial charge in [0.2, 0.25) is 0 Å². The van der Waals surface area contributed by atoms with E-state index in [2.05, 4.69) is 55.5 Å². The summed E-state index contributed by atoms with van der Waals surface area (Å²) in [6.07, 6.45) is 11.3. The highest BCUT2D eigenvalue weighted by atomic mass is 79.9. The first-order valence-electron chi connectivity index (χ1n) is 9.07. The Kier molecular flexibility index (Phi) is 5.66. The van der Waals surface area contributed by atoms with Gasteiger partial charge in [0.15, 0.2) is 0 Å². The van der Waals surface area contributed by atoms with Crippen molar-refractivity contribution in [3.8, 4) is 0 Å². The van der Waals surface area contributed by atoms with Crippen molar-refractivity contribution in [2.75, 3.05) is 0 Å². The molecular formula is C20H35Br. The van der Waals surface area contributed by atoms with Crippen LogP contribution in [0.2, 0.25) is 0 Å². The van der Waals surface area contributed by atoms with Crippen molar-refractivity contribution in [2.24, 2.45) is 28.6 Å². The van der Waals surface area contributed by atoms with Gasteiger partial charge in [0.1, 0.15) is 0 Å². The zero-order valence-corrected chi connectivity index (χ0v) is 16.4. The maximum Gasteiger partial charge on any atom is -0.0138 e. The van der Waals surface area contributed by atoms with Crippen molar-refractivity contribution in [1.29, 1.82) is 0 Å². The molecule has 0 aromatic heterocycles. The molecule has 0 aromatic rings. The molecule has 0 amide bonds. The first kappa shape index (κ1) is 17.6. The SMILES string of the molecule is C[C@H](CCCC(C)(C)C)[C@H]1CC[C@H]2/C(=C/Br)CCC[C@]12C. The third-order valence-electron chi connectivity index (χ3n) is 6.45. The normalized spacial score (nSPS) is 36.8. The number of halogens is 1. The molecule has 122 valence electrons. The molecule has 2 rings (SSSR count). The van der Waals surface area contributed by atoms with Crippen LogP contribution in [0.4, 0.5) is 0 Å². The van der Waals surface area contributed by atoms with Gasteiger partial charge in [0.25, 0.3) is 0 Å². The lowest BCUT2D eigenvalue weighted by atomic mass is 9.61. The summed E-state index contributed by atoms with van der Waals surface area (Å²) in [4.78, 5) is 2.25. The molecule has 21 heavy (non-hydrogen) atoms. The highest BCUT2D eigenvalue weighted by molar-refractivity contribution is 9.11. The van der Waals surface area contributed by atoms with Crippen molar-refractivity contribution in [3.05, 3.63) is 10.6 Å². The maximum atomic E-state index is 3.63. The largest absolute Gasteiger partial charge is 0.0622 e. The Balaban J connectivity index is 1.97. The summed E-state index contributed by atoms with van der Waals surface area (Å²) >= 11 is 3.63. The second-order valence-electron chi connectivity index (χ2n) is 9.21. The third kappa shape index (κ3) is 3.95. The van der Waals surface area contributed by atoms with Gasteiger partial charge in [0, 0.05) is 0 Å². The lowest BCUT2D eigenvalue weighted by Gasteiger charge is -2.44. The molecule has 2 aliphatic carbocycles. The molecule has 0 nitrogen and oxygen atoms in total. The summed E-state index contributed by atoms with van der Waals surface area (Å²) in [6, 6.07) is 0. The second-order valence-corrected chi connectivity index (χ2v) is 9.67. The minimum atomic E-state index is 0.499. The number of hydrogen-bond donors (Lipinski definition) is 0. The topological polar surface area (TPSA) is 0 Å². The fourth-order valence-electron chi connectivity index (χ4n) is 5.30. The number of fused-ring (bicyclic) bond motifs is 1. The smallest absolute Gasteiger partial charge is 0.0138 e. The Morgan fingerprint density at radius 2 is 2.05 bits per heavy atom. The third-order valence-corrected chi connectivity index (χ3v) is 7.04. The molecule has 0 aromatic carbocycles. The van der Waals surface area contributed by atoms with Gasteiger partial charge in [-0.3, -0.25) is 0 Å². The van der Waals surface area contributed by atoms with Gasteiger partial charge < -0.3 is 0 Å². The average molecular weight is 355 g/mol. The fourth-order valence-corrected chi connectivity index (χ4v) is 5.85. The Hall–Kier alpha value is 0.220. The van der Waals surface area contributed by atoms with Gasteiger partial charge in [-0.1, -0.05) is 69.0 Å². The fraction of sp³-hybridized carbons (Fsp3) is 0.900. The Labute approximate surface area is 141 Å². The summed E-state index contributed by atoms with van der Waals surface area (Å²) in [5.74, 6) is 2.71. The summed E-state index contributed by atoms with van der Waals surface area (Å²) in [6.45, 7) is 12.3. The van der Waals surface area contributed by atoms with Gasteiger partial charge in [-0.2, -0.15) is 0 Å². The van der Waals surface area contributed by atoms with E-state index in [1.165, 1.54) is 51.4 Å². The quantitative estimate of drug-likeness (QED) is 0.495. The number of hydrogen-bond acceptors (Lipinski definition) is 0. The Morgan fingerprint density at radius 3 is 2.67 bits per heavy atom. The van der Waals surface area contributed by atoms with Crippen molar-refractivity contribution in [1.82, 2.24) is 0 Å². The van der Waals surface area contributed by atoms with Crippen LogP contribution in [0.1, 0.15) is 86.0 Å². The predicted molar refractivity (Wildman–Crippen MR) is 97.7 cm³/mol. The van der Waals surface area contributed by atoms with Crippen LogP contribution < -0.4 is 0 Å². The van der Waals surface area contributed by atoms with E-state index < -0.39 is 0 Å². The Bertz CT molecular complexity index is 376. The summed E-state index contributed by atoms with van der Waals surface area (Å²) in [5, 5.41) is 0. The molecular weight excluding hydrogens is 320 g/mol. The molecule has 4 atom stereocenters. The van der Waals surface area contributed by atoms with Crippen molar-refractivity contribution < 1.29 is 0 Å². The van der Waals surface area contributed by atoms with Crippen LogP contribution >= 0.6 is 15.9 Å². The first-order valence-corrected chi connectivity index (χ1v) is 9.98. The van der Waals surface area contributed by atoms with Gasteiger partial charge >= 0.3 is 0 Å². The minimum absolute atomic E-state index is 0.499. The molecule has 0 spiro atoms. The summed E-state index contributed by atoms with van der Waals surface area (Å²) in [5.41, 5.74) is 2.78. The van der Waals surface area contributed by atoms with E-state index >= 15 is 0 Å². The van der Waals surface area contributed by atoms with E-state index in [1.54, 1.807) is 5.57 Å². The molecule has 2 saturated carbocycles. The first-order chi connectivity index (χ1) is 9.78. The zero-order chi connectivity index (χ0) is 15.7. The standard InChI is InChI=1S/C20H35Br/c1-15(8-6-12-19(2,3)4)17-10-11-18-16(14-21)9-7-13-20(17,18)5/h14-15,17-18H,6-13H2,1-5H3/b16-14+/t15-,17-,18+,20-/m1/s1. The zero-order valence-electron chi connectivity index (χ0n) is 14.8. The molecule has 1 heteroatoms. The van der Waals surface area contributed by atoms with Crippen LogP contribution in [-0.2, 0) is 0 Å². The van der Waals surface area contributed by atoms with Crippen LogP contribution in [0.15, 0.2) is 10.6 Å². The maximum absolute atomic E-state index is 3.63. The number of rotatable bonds is 4. The molecule has 0 N–H and O–H groups in total. The van der Waals surface area contributed by atoms with Crippen LogP contribution in [0.5, 0.6) is 0 Å². The summed E-state index contributed by atoms with van der Waals surface area (Å²) in [7, 11) is 0. The van der Waals surface area contributed by atoms with E-state index in [-0.39, 0.29) is 0 Å². The average Bonchev–Trinajstić information content (AvgIpc) is 2.73. The van der Waals surface area contributed by atoms with Crippen molar-refractivity contribution in [3.63, 3.8) is 0 Å². The molecule has 0 heterocycles. The van der Waals surface area contributed by atoms with Crippen LogP contribution in [0.3, 0.4) is 0 Å². The predicted octanol–water partition coefficient (Wildman–Crippen LogP) is 7.33. The lowest BCUT2D eigenvalue weighted by molar-refractivity contribution is 0.0922. The van der Waals surface area contributed by atoms with Gasteiger partial charge in [0.05, 0.1) is 0 Å². The lowest BCUT2D eigenvalue weighted by Crippen LogP contribution is -2.35. The van der Waals surface area contributed by atoms with Crippen LogP contribution in [-0.4, -0.2) is 0 Å². The van der Waals surface area contributed by atoms with E-state index in [4.69, 9.17) is 0 Å². The minimum Gasteiger partial charge on any atom is -0.0622 e.